The van der Waals surface area contributed by atoms with Gasteiger partial charge in [0, 0.05) is 18.2 Å². The van der Waals surface area contributed by atoms with Gasteiger partial charge in [-0.2, -0.15) is 0 Å². The maximum Gasteiger partial charge on any atom is 0.346 e. The SMILES string of the molecule is COc1ccc(-c2nn(CCNS(=O)(=O)c3cc(C)ccc3C)c(=O)n2C2CC2)cc1. The predicted octanol–water partition coefficient (Wildman–Crippen LogP) is 2.65. The number of benzene rings is 2. The van der Waals surface area contributed by atoms with E-state index in [9.17, 15) is 13.2 Å². The summed E-state index contributed by atoms with van der Waals surface area (Å²) in [6.07, 6.45) is 1.88. The molecule has 1 aliphatic rings. The van der Waals surface area contributed by atoms with Crippen molar-refractivity contribution < 1.29 is 13.2 Å². The van der Waals surface area contributed by atoms with Crippen LogP contribution < -0.4 is 15.1 Å². The summed E-state index contributed by atoms with van der Waals surface area (Å²) >= 11 is 0. The molecule has 164 valence electrons. The second-order valence-corrected chi connectivity index (χ2v) is 9.56. The van der Waals surface area contributed by atoms with Gasteiger partial charge in [0.05, 0.1) is 18.6 Å². The molecule has 0 saturated heterocycles. The van der Waals surface area contributed by atoms with E-state index < -0.39 is 10.0 Å². The van der Waals surface area contributed by atoms with E-state index in [1.165, 1.54) is 4.68 Å². The molecule has 1 N–H and O–H groups in total. The first kappa shape index (κ1) is 21.3. The maximum absolute atomic E-state index is 13.0. The first-order chi connectivity index (χ1) is 14.8. The molecule has 1 fully saturated rings. The van der Waals surface area contributed by atoms with Crippen LogP contribution >= 0.6 is 0 Å². The topological polar surface area (TPSA) is 95.2 Å². The summed E-state index contributed by atoms with van der Waals surface area (Å²) in [5.74, 6) is 1.32. The quantitative estimate of drug-likeness (QED) is 0.579. The summed E-state index contributed by atoms with van der Waals surface area (Å²) in [5, 5.41) is 4.51. The van der Waals surface area contributed by atoms with Crippen LogP contribution in [0.2, 0.25) is 0 Å². The van der Waals surface area contributed by atoms with Crippen molar-refractivity contribution in [3.05, 3.63) is 64.1 Å². The zero-order valence-electron chi connectivity index (χ0n) is 17.8. The Morgan fingerprint density at radius 3 is 2.48 bits per heavy atom. The predicted molar refractivity (Wildman–Crippen MR) is 118 cm³/mol. The number of methoxy groups -OCH3 is 1. The van der Waals surface area contributed by atoms with E-state index in [4.69, 9.17) is 4.74 Å². The normalized spacial score (nSPS) is 14.0. The lowest BCUT2D eigenvalue weighted by atomic mass is 10.2. The third-order valence-corrected chi connectivity index (χ3v) is 6.98. The molecule has 0 bridgehead atoms. The number of ether oxygens (including phenoxy) is 1. The van der Waals surface area contributed by atoms with Crippen molar-refractivity contribution in [1.29, 1.82) is 0 Å². The van der Waals surface area contributed by atoms with Gasteiger partial charge in [-0.05, 0) is 68.1 Å². The largest absolute Gasteiger partial charge is 0.497 e. The van der Waals surface area contributed by atoms with Crippen LogP contribution in [0.3, 0.4) is 0 Å². The molecule has 8 nitrogen and oxygen atoms in total. The van der Waals surface area contributed by atoms with Gasteiger partial charge in [0.25, 0.3) is 0 Å². The first-order valence-corrected chi connectivity index (χ1v) is 11.7. The fraction of sp³-hybridized carbons (Fsp3) is 0.364. The Bertz CT molecular complexity index is 1260. The van der Waals surface area contributed by atoms with E-state index >= 15 is 0 Å². The van der Waals surface area contributed by atoms with Gasteiger partial charge in [0.2, 0.25) is 10.0 Å². The minimum absolute atomic E-state index is 0.0688. The van der Waals surface area contributed by atoms with Crippen LogP contribution in [0.4, 0.5) is 0 Å². The average Bonchev–Trinajstić information content (AvgIpc) is 3.53. The number of nitrogens with one attached hydrogen (secondary N) is 1. The Labute approximate surface area is 181 Å². The summed E-state index contributed by atoms with van der Waals surface area (Å²) in [6, 6.07) is 12.8. The fourth-order valence-corrected chi connectivity index (χ4v) is 4.87. The van der Waals surface area contributed by atoms with Gasteiger partial charge in [-0.25, -0.2) is 22.6 Å². The lowest BCUT2D eigenvalue weighted by molar-refractivity contribution is 0.415. The molecule has 1 saturated carbocycles. The highest BCUT2D eigenvalue weighted by Crippen LogP contribution is 2.36. The van der Waals surface area contributed by atoms with Crippen molar-refractivity contribution in [2.75, 3.05) is 13.7 Å². The standard InChI is InChI=1S/C22H26N4O4S/c1-15-4-5-16(2)20(14-15)31(28,29)23-12-13-25-22(27)26(18-8-9-18)21(24-25)17-6-10-19(30-3)11-7-17/h4-7,10-11,14,18,23H,8-9,12-13H2,1-3H3. The Balaban J connectivity index is 1.55. The number of sulfonamides is 1. The molecule has 1 heterocycles. The van der Waals surface area contributed by atoms with E-state index in [1.807, 2.05) is 37.3 Å². The van der Waals surface area contributed by atoms with E-state index in [0.29, 0.717) is 11.4 Å². The Kier molecular flexibility index (Phi) is 5.72. The van der Waals surface area contributed by atoms with Crippen LogP contribution in [-0.2, 0) is 16.6 Å². The third-order valence-electron chi connectivity index (χ3n) is 5.38. The van der Waals surface area contributed by atoms with Gasteiger partial charge in [-0.15, -0.1) is 5.10 Å². The van der Waals surface area contributed by atoms with Gasteiger partial charge in [0.15, 0.2) is 5.82 Å². The summed E-state index contributed by atoms with van der Waals surface area (Å²) in [4.78, 5) is 13.2. The minimum atomic E-state index is -3.68. The molecular formula is C22H26N4O4S. The molecule has 0 radical (unpaired) electrons. The lowest BCUT2D eigenvalue weighted by Crippen LogP contribution is -2.32. The van der Waals surface area contributed by atoms with Crippen LogP contribution in [0.5, 0.6) is 5.75 Å². The first-order valence-electron chi connectivity index (χ1n) is 10.2. The highest BCUT2D eigenvalue weighted by Gasteiger charge is 2.30. The molecule has 1 aromatic heterocycles. The van der Waals surface area contributed by atoms with Gasteiger partial charge in [-0.3, -0.25) is 4.57 Å². The zero-order valence-corrected chi connectivity index (χ0v) is 18.6. The molecule has 4 rings (SSSR count). The molecule has 3 aromatic rings. The van der Waals surface area contributed by atoms with Crippen molar-refractivity contribution in [3.63, 3.8) is 0 Å². The van der Waals surface area contributed by atoms with Gasteiger partial charge in [-0.1, -0.05) is 12.1 Å². The number of rotatable bonds is 8. The van der Waals surface area contributed by atoms with E-state index in [2.05, 4.69) is 9.82 Å². The number of aryl methyl sites for hydroxylation is 2. The van der Waals surface area contributed by atoms with E-state index in [-0.39, 0.29) is 29.7 Å². The molecule has 1 aliphatic carbocycles. The summed E-state index contributed by atoms with van der Waals surface area (Å²) in [5.41, 5.74) is 2.14. The van der Waals surface area contributed by atoms with Gasteiger partial charge < -0.3 is 4.74 Å². The lowest BCUT2D eigenvalue weighted by Gasteiger charge is -2.10. The smallest absolute Gasteiger partial charge is 0.346 e. The monoisotopic (exact) mass is 442 g/mol. The molecular weight excluding hydrogens is 416 g/mol. The van der Waals surface area contributed by atoms with Crippen LogP contribution in [-0.4, -0.2) is 36.4 Å². The fourth-order valence-electron chi connectivity index (χ4n) is 3.53. The van der Waals surface area contributed by atoms with Crippen LogP contribution in [0, 0.1) is 13.8 Å². The van der Waals surface area contributed by atoms with Gasteiger partial charge in [0.1, 0.15) is 5.75 Å². The maximum atomic E-state index is 13.0. The van der Waals surface area contributed by atoms with Crippen molar-refractivity contribution in [3.8, 4) is 17.1 Å². The second kappa shape index (κ2) is 8.32. The van der Waals surface area contributed by atoms with Crippen LogP contribution in [0.1, 0.15) is 30.0 Å². The second-order valence-electron chi connectivity index (χ2n) is 7.83. The highest BCUT2D eigenvalue weighted by molar-refractivity contribution is 7.89. The Morgan fingerprint density at radius 1 is 1.13 bits per heavy atom. The molecule has 0 aliphatic heterocycles. The van der Waals surface area contributed by atoms with Crippen molar-refractivity contribution in [1.82, 2.24) is 19.1 Å². The van der Waals surface area contributed by atoms with E-state index in [0.717, 1.165) is 29.7 Å². The van der Waals surface area contributed by atoms with Gasteiger partial charge >= 0.3 is 5.69 Å². The molecule has 9 heteroatoms. The molecule has 2 aromatic carbocycles. The molecule has 0 spiro atoms. The number of aromatic nitrogens is 3. The number of hydrogen-bond acceptors (Lipinski definition) is 5. The molecule has 0 amide bonds. The summed E-state index contributed by atoms with van der Waals surface area (Å²) < 4.78 is 36.3. The highest BCUT2D eigenvalue weighted by atomic mass is 32.2. The zero-order chi connectivity index (χ0) is 22.2. The summed E-state index contributed by atoms with van der Waals surface area (Å²) in [7, 11) is -2.08. The number of hydrogen-bond donors (Lipinski definition) is 1. The number of nitrogens with zero attached hydrogens (tertiary/aromatic N) is 3. The molecule has 0 unspecified atom stereocenters. The van der Waals surface area contributed by atoms with Crippen molar-refractivity contribution in [2.45, 2.75) is 44.2 Å². The molecule has 31 heavy (non-hydrogen) atoms. The summed E-state index contributed by atoms with van der Waals surface area (Å²) in [6.45, 7) is 3.82. The Hall–Kier alpha value is -2.91. The third kappa shape index (κ3) is 4.42. The average molecular weight is 443 g/mol. The van der Waals surface area contributed by atoms with Crippen LogP contribution in [0.25, 0.3) is 11.4 Å². The van der Waals surface area contributed by atoms with Crippen molar-refractivity contribution >= 4 is 10.0 Å². The Morgan fingerprint density at radius 2 is 1.84 bits per heavy atom. The van der Waals surface area contributed by atoms with Crippen molar-refractivity contribution in [2.24, 2.45) is 0 Å². The minimum Gasteiger partial charge on any atom is -0.497 e. The van der Waals surface area contributed by atoms with E-state index in [1.54, 1.807) is 30.7 Å². The molecule has 0 atom stereocenters. The van der Waals surface area contributed by atoms with Crippen LogP contribution in [0.15, 0.2) is 52.2 Å².